The van der Waals surface area contributed by atoms with Crippen molar-refractivity contribution in [3.05, 3.63) is 106 Å². The lowest BCUT2D eigenvalue weighted by atomic mass is 9.72. The molecule has 45 heavy (non-hydrogen) atoms. The minimum Gasteiger partial charge on any atom is -0.337 e. The van der Waals surface area contributed by atoms with Gasteiger partial charge in [-0.3, -0.25) is 14.6 Å². The van der Waals surface area contributed by atoms with E-state index in [1.807, 2.05) is 62.5 Å². The van der Waals surface area contributed by atoms with E-state index < -0.39 is 0 Å². The smallest absolute Gasteiger partial charge is 0.317 e. The van der Waals surface area contributed by atoms with E-state index in [0.717, 1.165) is 63.0 Å². The molecule has 8 heteroatoms. The number of carbonyl (C=O) groups excluding carboxylic acids is 2. The van der Waals surface area contributed by atoms with Gasteiger partial charge in [-0.15, -0.1) is 0 Å². The van der Waals surface area contributed by atoms with Crippen LogP contribution >= 0.6 is 23.2 Å². The Balaban J connectivity index is 1.44. The first-order chi connectivity index (χ1) is 21.8. The number of hydrogen-bond donors (Lipinski definition) is 1. The number of nitrogens with zero attached hydrogens (tertiary/aromatic N) is 3. The van der Waals surface area contributed by atoms with E-state index in [0.29, 0.717) is 29.6 Å². The van der Waals surface area contributed by atoms with E-state index in [-0.39, 0.29) is 29.3 Å². The van der Waals surface area contributed by atoms with Crippen LogP contribution in [0.5, 0.6) is 0 Å². The number of likely N-dealkylation sites (tertiary alicyclic amines) is 2. The van der Waals surface area contributed by atoms with Crippen LogP contribution in [0.1, 0.15) is 73.0 Å². The fourth-order valence-corrected chi connectivity index (χ4v) is 7.33. The van der Waals surface area contributed by atoms with E-state index in [4.69, 9.17) is 23.2 Å². The highest BCUT2D eigenvalue weighted by Gasteiger charge is 2.40. The molecule has 2 saturated heterocycles. The molecule has 0 radical (unpaired) electrons. The molecule has 1 N–H and O–H groups in total. The van der Waals surface area contributed by atoms with Crippen LogP contribution in [0, 0.1) is 0 Å². The summed E-state index contributed by atoms with van der Waals surface area (Å²) in [5, 5.41) is 4.28. The van der Waals surface area contributed by atoms with E-state index >= 15 is 0 Å². The predicted molar refractivity (Wildman–Crippen MR) is 184 cm³/mol. The maximum Gasteiger partial charge on any atom is 0.317 e. The molecule has 0 saturated carbocycles. The summed E-state index contributed by atoms with van der Waals surface area (Å²) in [6.07, 6.45) is 5.85. The maximum absolute atomic E-state index is 14.2. The topological polar surface area (TPSA) is 55.9 Å². The van der Waals surface area contributed by atoms with Crippen molar-refractivity contribution in [2.75, 3.05) is 46.3 Å². The third-order valence-electron chi connectivity index (χ3n) is 9.95. The van der Waals surface area contributed by atoms with Gasteiger partial charge < -0.3 is 10.2 Å². The van der Waals surface area contributed by atoms with Gasteiger partial charge in [0.1, 0.15) is 0 Å². The minimum absolute atomic E-state index is 0.0195. The number of rotatable bonds is 11. The van der Waals surface area contributed by atoms with Gasteiger partial charge in [-0.05, 0) is 88.5 Å². The molecule has 3 aromatic carbocycles. The average Bonchev–Trinajstić information content (AvgIpc) is 3.10. The number of piperidine rings is 2. The number of Topliss-reactive ketones (excluding diaryl/α,β-unsaturated/α-hetero) is 1. The van der Waals surface area contributed by atoms with Crippen molar-refractivity contribution >= 4 is 35.0 Å². The van der Waals surface area contributed by atoms with Gasteiger partial charge in [-0.2, -0.15) is 0 Å². The molecule has 0 aliphatic carbocycles. The molecule has 2 aliphatic rings. The molecular formula is C37H46Cl2N4O2. The van der Waals surface area contributed by atoms with Gasteiger partial charge in [0.15, 0.2) is 5.78 Å². The van der Waals surface area contributed by atoms with Crippen LogP contribution in [-0.4, -0.2) is 78.9 Å². The molecule has 2 amide bonds. The third kappa shape index (κ3) is 8.10. The largest absolute Gasteiger partial charge is 0.337 e. The lowest BCUT2D eigenvalue weighted by molar-refractivity contribution is 0.0591. The van der Waals surface area contributed by atoms with Crippen LogP contribution < -0.4 is 5.32 Å². The number of nitrogens with one attached hydrogen (secondary N) is 1. The quantitative estimate of drug-likeness (QED) is 0.215. The molecule has 3 aromatic rings. The molecule has 0 bridgehead atoms. The molecule has 2 heterocycles. The van der Waals surface area contributed by atoms with Crippen molar-refractivity contribution in [3.63, 3.8) is 0 Å². The Hall–Kier alpha value is -2.90. The Morgan fingerprint density at radius 3 is 2.11 bits per heavy atom. The van der Waals surface area contributed by atoms with Gasteiger partial charge in [-0.1, -0.05) is 96.4 Å². The van der Waals surface area contributed by atoms with Crippen molar-refractivity contribution in [1.82, 2.24) is 20.0 Å². The number of urea groups is 1. The van der Waals surface area contributed by atoms with Gasteiger partial charge in [0.05, 0.1) is 16.1 Å². The highest BCUT2D eigenvalue weighted by molar-refractivity contribution is 6.42. The highest BCUT2D eigenvalue weighted by Crippen LogP contribution is 2.40. The van der Waals surface area contributed by atoms with Crippen molar-refractivity contribution in [2.24, 2.45) is 0 Å². The summed E-state index contributed by atoms with van der Waals surface area (Å²) in [5.41, 5.74) is 2.91. The zero-order valence-electron chi connectivity index (χ0n) is 26.6. The van der Waals surface area contributed by atoms with Crippen LogP contribution in [0.3, 0.4) is 0 Å². The van der Waals surface area contributed by atoms with E-state index in [1.54, 1.807) is 4.90 Å². The van der Waals surface area contributed by atoms with Gasteiger partial charge in [0, 0.05) is 37.2 Å². The molecular weight excluding hydrogens is 603 g/mol. The van der Waals surface area contributed by atoms with Gasteiger partial charge in [-0.25, -0.2) is 4.79 Å². The van der Waals surface area contributed by atoms with Crippen molar-refractivity contribution in [3.8, 4) is 0 Å². The molecule has 2 aliphatic heterocycles. The van der Waals surface area contributed by atoms with Gasteiger partial charge in [0.2, 0.25) is 0 Å². The standard InChI is InChI=1S/C37H46Cl2N4O2/c1-3-41(2)36(45)40-27-37(30-15-9-5-10-16-30)19-23-43(24-20-37)33(29-17-18-31(38)32(39)25-29)26-34(42-21-11-6-12-22-42)35(44)28-13-7-4-8-14-28/h4-5,7-10,13-18,25,33-34H,3,6,11-12,19-24,26-27H2,1-2H3,(H,40,45). The van der Waals surface area contributed by atoms with Crippen LogP contribution in [0.15, 0.2) is 78.9 Å². The predicted octanol–water partition coefficient (Wildman–Crippen LogP) is 7.86. The van der Waals surface area contributed by atoms with E-state index in [9.17, 15) is 9.59 Å². The average molecular weight is 650 g/mol. The SMILES string of the molecule is CCN(C)C(=O)NCC1(c2ccccc2)CCN(C(CC(C(=O)c2ccccc2)N2CCCCC2)c2ccc(Cl)c(Cl)c2)CC1. The van der Waals surface area contributed by atoms with Crippen LogP contribution in [0.4, 0.5) is 4.79 Å². The summed E-state index contributed by atoms with van der Waals surface area (Å²) < 4.78 is 0. The van der Waals surface area contributed by atoms with Crippen LogP contribution in [0.25, 0.3) is 0 Å². The first kappa shape index (κ1) is 33.5. The van der Waals surface area contributed by atoms with E-state index in [2.05, 4.69) is 45.4 Å². The number of halogens is 2. The second kappa shape index (κ2) is 15.6. The fourth-order valence-electron chi connectivity index (χ4n) is 7.02. The summed E-state index contributed by atoms with van der Waals surface area (Å²) in [6, 6.07) is 25.9. The fraction of sp³-hybridized carbons (Fsp3) is 0.459. The first-order valence-corrected chi connectivity index (χ1v) is 17.1. The maximum atomic E-state index is 14.2. The summed E-state index contributed by atoms with van der Waals surface area (Å²) in [4.78, 5) is 33.6. The van der Waals surface area contributed by atoms with Crippen molar-refractivity contribution in [2.45, 2.75) is 62.9 Å². The first-order valence-electron chi connectivity index (χ1n) is 16.4. The van der Waals surface area contributed by atoms with Gasteiger partial charge in [0.25, 0.3) is 0 Å². The molecule has 2 atom stereocenters. The second-order valence-electron chi connectivity index (χ2n) is 12.6. The number of hydrogen-bond acceptors (Lipinski definition) is 4. The Morgan fingerprint density at radius 2 is 1.49 bits per heavy atom. The zero-order chi connectivity index (χ0) is 31.8. The van der Waals surface area contributed by atoms with Gasteiger partial charge >= 0.3 is 6.03 Å². The Labute approximate surface area is 278 Å². The monoisotopic (exact) mass is 648 g/mol. The van der Waals surface area contributed by atoms with Crippen molar-refractivity contribution in [1.29, 1.82) is 0 Å². The number of ketones is 1. The second-order valence-corrected chi connectivity index (χ2v) is 13.4. The lowest BCUT2D eigenvalue weighted by Crippen LogP contribution is -2.52. The highest BCUT2D eigenvalue weighted by atomic mass is 35.5. The summed E-state index contributed by atoms with van der Waals surface area (Å²) in [5.74, 6) is 0.181. The van der Waals surface area contributed by atoms with E-state index in [1.165, 1.54) is 12.0 Å². The Bertz CT molecular complexity index is 1410. The molecule has 0 spiro atoms. The van der Waals surface area contributed by atoms with Crippen LogP contribution in [-0.2, 0) is 5.41 Å². The zero-order valence-corrected chi connectivity index (χ0v) is 28.1. The summed E-state index contributed by atoms with van der Waals surface area (Å²) in [6.45, 7) is 6.73. The number of amides is 2. The summed E-state index contributed by atoms with van der Waals surface area (Å²) >= 11 is 13.0. The Kier molecular flexibility index (Phi) is 11.6. The molecule has 5 rings (SSSR count). The Morgan fingerprint density at radius 1 is 0.844 bits per heavy atom. The lowest BCUT2D eigenvalue weighted by Gasteiger charge is -2.46. The molecule has 6 nitrogen and oxygen atoms in total. The molecule has 2 unspecified atom stereocenters. The number of carbonyl (C=O) groups is 2. The minimum atomic E-state index is -0.239. The van der Waals surface area contributed by atoms with Crippen LogP contribution in [0.2, 0.25) is 10.0 Å². The normalized spacial score (nSPS) is 18.6. The van der Waals surface area contributed by atoms with Crippen molar-refractivity contribution < 1.29 is 9.59 Å². The molecule has 0 aromatic heterocycles. The molecule has 2 fully saturated rings. The number of benzene rings is 3. The molecule has 240 valence electrons. The third-order valence-corrected chi connectivity index (χ3v) is 10.7. The summed E-state index contributed by atoms with van der Waals surface area (Å²) in [7, 11) is 1.82.